The molecule has 0 unspecified atom stereocenters. The predicted octanol–water partition coefficient (Wildman–Crippen LogP) is 5.32. The number of hydrogen-bond donors (Lipinski definition) is 1. The molecule has 1 atom stereocenters. The third-order valence-corrected chi connectivity index (χ3v) is 7.70. The zero-order valence-corrected chi connectivity index (χ0v) is 18.6. The van der Waals surface area contributed by atoms with Crippen LogP contribution in [0.4, 0.5) is 5.13 Å². The van der Waals surface area contributed by atoms with Crippen molar-refractivity contribution >= 4 is 32.6 Å². The van der Waals surface area contributed by atoms with Crippen molar-refractivity contribution in [2.24, 2.45) is 5.92 Å². The molecule has 1 saturated heterocycles. The molecule has 2 aliphatic rings. The van der Waals surface area contributed by atoms with Crippen LogP contribution in [0.5, 0.6) is 0 Å². The van der Waals surface area contributed by atoms with Gasteiger partial charge in [0.15, 0.2) is 5.13 Å². The number of hydrogen-bond acceptors (Lipinski definition) is 4. The number of rotatable bonds is 3. The lowest BCUT2D eigenvalue weighted by atomic mass is 9.87. The molecule has 1 aliphatic carbocycles. The first kappa shape index (κ1) is 19.6. The van der Waals surface area contributed by atoms with Gasteiger partial charge in [0.25, 0.3) is 0 Å². The highest BCUT2D eigenvalue weighted by molar-refractivity contribution is 7.22. The number of aromatic nitrogens is 1. The first-order chi connectivity index (χ1) is 14.6. The van der Waals surface area contributed by atoms with Crippen molar-refractivity contribution in [1.29, 1.82) is 0 Å². The second-order valence-corrected chi connectivity index (χ2v) is 9.85. The fourth-order valence-corrected chi connectivity index (χ4v) is 6.21. The lowest BCUT2D eigenvalue weighted by molar-refractivity contribution is -0.126. The van der Waals surface area contributed by atoms with Gasteiger partial charge in [-0.05, 0) is 74.3 Å². The fourth-order valence-electron chi connectivity index (χ4n) is 5.02. The summed E-state index contributed by atoms with van der Waals surface area (Å²) in [6, 6.07) is 13.2. The lowest BCUT2D eigenvalue weighted by Gasteiger charge is -2.33. The van der Waals surface area contributed by atoms with E-state index in [0.29, 0.717) is 0 Å². The van der Waals surface area contributed by atoms with E-state index < -0.39 is 0 Å². The SMILES string of the molecule is Cc1cc(C)c2nc(N3CCC(C(=O)N[C@H]4CCCc5ccccc54)CC3)sc2c1. The van der Waals surface area contributed by atoms with E-state index in [1.807, 2.05) is 0 Å². The van der Waals surface area contributed by atoms with Crippen molar-refractivity contribution in [3.05, 3.63) is 58.7 Å². The highest BCUT2D eigenvalue weighted by atomic mass is 32.1. The number of carbonyl (C=O) groups excluding carboxylic acids is 1. The Kier molecular flexibility index (Phi) is 5.23. The zero-order valence-electron chi connectivity index (χ0n) is 17.8. The molecule has 1 amide bonds. The third-order valence-electron chi connectivity index (χ3n) is 6.64. The monoisotopic (exact) mass is 419 g/mol. The van der Waals surface area contributed by atoms with E-state index in [-0.39, 0.29) is 17.9 Å². The molecule has 2 heterocycles. The van der Waals surface area contributed by atoms with Gasteiger partial charge in [-0.3, -0.25) is 4.79 Å². The van der Waals surface area contributed by atoms with Gasteiger partial charge in [-0.2, -0.15) is 0 Å². The molecule has 1 N–H and O–H groups in total. The maximum absolute atomic E-state index is 13.0. The van der Waals surface area contributed by atoms with Crippen LogP contribution in [-0.2, 0) is 11.2 Å². The Morgan fingerprint density at radius 3 is 2.77 bits per heavy atom. The molecule has 0 bridgehead atoms. The standard InChI is InChI=1S/C25H29N3OS/c1-16-14-17(2)23-22(15-16)30-25(27-23)28-12-10-19(11-13-28)24(29)26-21-9-5-7-18-6-3-4-8-20(18)21/h3-4,6,8,14-15,19,21H,5,7,9-13H2,1-2H3,(H,26,29)/t21-/m0/s1. The molecule has 2 aromatic carbocycles. The van der Waals surface area contributed by atoms with Crippen LogP contribution in [-0.4, -0.2) is 24.0 Å². The van der Waals surface area contributed by atoms with Crippen LogP contribution in [0.15, 0.2) is 36.4 Å². The molecule has 1 fully saturated rings. The quantitative estimate of drug-likeness (QED) is 0.625. The van der Waals surface area contributed by atoms with Crippen molar-refractivity contribution in [1.82, 2.24) is 10.3 Å². The van der Waals surface area contributed by atoms with E-state index in [9.17, 15) is 4.79 Å². The zero-order chi connectivity index (χ0) is 20.7. The number of carbonyl (C=O) groups is 1. The van der Waals surface area contributed by atoms with Gasteiger partial charge < -0.3 is 10.2 Å². The highest BCUT2D eigenvalue weighted by Gasteiger charge is 2.29. The molecule has 5 heteroatoms. The van der Waals surface area contributed by atoms with Crippen LogP contribution in [0.25, 0.3) is 10.2 Å². The summed E-state index contributed by atoms with van der Waals surface area (Å²) in [7, 11) is 0. The molecular weight excluding hydrogens is 390 g/mol. The van der Waals surface area contributed by atoms with Crippen LogP contribution in [0.2, 0.25) is 0 Å². The Morgan fingerprint density at radius 2 is 1.93 bits per heavy atom. The van der Waals surface area contributed by atoms with E-state index in [2.05, 4.69) is 60.5 Å². The minimum atomic E-state index is 0.105. The normalized spacial score (nSPS) is 19.7. The highest BCUT2D eigenvalue weighted by Crippen LogP contribution is 2.34. The van der Waals surface area contributed by atoms with Gasteiger partial charge in [-0.1, -0.05) is 41.7 Å². The van der Waals surface area contributed by atoms with Gasteiger partial charge in [0.1, 0.15) is 0 Å². The van der Waals surface area contributed by atoms with Crippen molar-refractivity contribution in [3.8, 4) is 0 Å². The van der Waals surface area contributed by atoms with Crippen LogP contribution < -0.4 is 10.2 Å². The lowest BCUT2D eigenvalue weighted by Crippen LogP contribution is -2.42. The number of anilines is 1. The van der Waals surface area contributed by atoms with E-state index in [0.717, 1.165) is 55.8 Å². The van der Waals surface area contributed by atoms with Crippen molar-refractivity contribution in [2.45, 2.75) is 52.0 Å². The van der Waals surface area contributed by atoms with Gasteiger partial charge in [0.05, 0.1) is 16.3 Å². The number of amides is 1. The number of thiazole rings is 1. The van der Waals surface area contributed by atoms with Gasteiger partial charge in [0.2, 0.25) is 5.91 Å². The van der Waals surface area contributed by atoms with Crippen LogP contribution >= 0.6 is 11.3 Å². The molecule has 0 saturated carbocycles. The van der Waals surface area contributed by atoms with E-state index in [1.165, 1.54) is 27.0 Å². The molecule has 3 aromatic rings. The largest absolute Gasteiger partial charge is 0.349 e. The van der Waals surface area contributed by atoms with E-state index in [4.69, 9.17) is 4.98 Å². The summed E-state index contributed by atoms with van der Waals surface area (Å²) >= 11 is 1.78. The molecule has 1 aliphatic heterocycles. The second kappa shape index (κ2) is 8.03. The van der Waals surface area contributed by atoms with E-state index in [1.54, 1.807) is 11.3 Å². The minimum Gasteiger partial charge on any atom is -0.349 e. The maximum atomic E-state index is 13.0. The molecule has 0 radical (unpaired) electrons. The number of benzene rings is 2. The molecule has 5 rings (SSSR count). The molecule has 156 valence electrons. The summed E-state index contributed by atoms with van der Waals surface area (Å²) < 4.78 is 1.26. The van der Waals surface area contributed by atoms with Gasteiger partial charge in [0, 0.05) is 19.0 Å². The number of nitrogens with zero attached hydrogens (tertiary/aromatic N) is 2. The van der Waals surface area contributed by atoms with Gasteiger partial charge >= 0.3 is 0 Å². The van der Waals surface area contributed by atoms with Crippen LogP contribution in [0.3, 0.4) is 0 Å². The predicted molar refractivity (Wildman–Crippen MR) is 124 cm³/mol. The van der Waals surface area contributed by atoms with E-state index >= 15 is 0 Å². The Morgan fingerprint density at radius 1 is 1.13 bits per heavy atom. The van der Waals surface area contributed by atoms with Gasteiger partial charge in [-0.25, -0.2) is 4.98 Å². The summed E-state index contributed by atoms with van der Waals surface area (Å²) in [6.07, 6.45) is 5.12. The summed E-state index contributed by atoms with van der Waals surface area (Å²) in [6.45, 7) is 6.08. The summed E-state index contributed by atoms with van der Waals surface area (Å²) in [5.74, 6) is 0.334. The molecule has 0 spiro atoms. The number of fused-ring (bicyclic) bond motifs is 2. The average Bonchev–Trinajstić information content (AvgIpc) is 3.18. The smallest absolute Gasteiger partial charge is 0.223 e. The first-order valence-corrected chi connectivity index (χ1v) is 11.9. The number of nitrogens with one attached hydrogen (secondary N) is 1. The van der Waals surface area contributed by atoms with Crippen molar-refractivity contribution in [2.75, 3.05) is 18.0 Å². The van der Waals surface area contributed by atoms with Gasteiger partial charge in [-0.15, -0.1) is 0 Å². The summed E-state index contributed by atoms with van der Waals surface area (Å²) in [4.78, 5) is 20.3. The third kappa shape index (κ3) is 3.71. The Labute approximate surface area is 182 Å². The Hall–Kier alpha value is -2.40. The molecule has 4 nitrogen and oxygen atoms in total. The second-order valence-electron chi connectivity index (χ2n) is 8.84. The summed E-state index contributed by atoms with van der Waals surface area (Å²) in [5.41, 5.74) is 6.36. The number of piperidine rings is 1. The Bertz CT molecular complexity index is 1080. The molecule has 1 aromatic heterocycles. The Balaban J connectivity index is 1.23. The average molecular weight is 420 g/mol. The van der Waals surface area contributed by atoms with Crippen molar-refractivity contribution in [3.63, 3.8) is 0 Å². The first-order valence-electron chi connectivity index (χ1n) is 11.1. The minimum absolute atomic E-state index is 0.105. The van der Waals surface area contributed by atoms with Crippen LogP contribution in [0.1, 0.15) is 54.0 Å². The fraction of sp³-hybridized carbons (Fsp3) is 0.440. The maximum Gasteiger partial charge on any atom is 0.223 e. The summed E-state index contributed by atoms with van der Waals surface area (Å²) in [5, 5.41) is 4.46. The molecular formula is C25H29N3OS. The molecule has 30 heavy (non-hydrogen) atoms. The number of aryl methyl sites for hydroxylation is 3. The van der Waals surface area contributed by atoms with Crippen molar-refractivity contribution < 1.29 is 4.79 Å². The van der Waals surface area contributed by atoms with Crippen LogP contribution in [0, 0.1) is 19.8 Å². The topological polar surface area (TPSA) is 45.2 Å².